The molecular weight excluding hydrogens is 276 g/mol. The summed E-state index contributed by atoms with van der Waals surface area (Å²) < 4.78 is 0. The Morgan fingerprint density at radius 3 is 2.75 bits per heavy atom. The van der Waals surface area contributed by atoms with Crippen LogP contribution in [0.2, 0.25) is 5.02 Å². The summed E-state index contributed by atoms with van der Waals surface area (Å²) in [5, 5.41) is 9.86. The Morgan fingerprint density at radius 1 is 1.45 bits per heavy atom. The van der Waals surface area contributed by atoms with Crippen LogP contribution in [0.4, 0.5) is 0 Å². The lowest BCUT2D eigenvalue weighted by atomic mass is 9.96. The average Bonchev–Trinajstić information content (AvgIpc) is 2.43. The molecule has 4 nitrogen and oxygen atoms in total. The van der Waals surface area contributed by atoms with Crippen molar-refractivity contribution in [2.75, 3.05) is 33.7 Å². The minimum absolute atomic E-state index is 0.0606. The second-order valence-corrected chi connectivity index (χ2v) is 6.00. The summed E-state index contributed by atoms with van der Waals surface area (Å²) in [6.45, 7) is 2.90. The summed E-state index contributed by atoms with van der Waals surface area (Å²) in [7, 11) is 3.92. The number of hydrogen-bond donors (Lipinski definition) is 1. The minimum atomic E-state index is -0.134. The van der Waals surface area contributed by atoms with E-state index in [2.05, 4.69) is 11.9 Å². The Balaban J connectivity index is 1.99. The van der Waals surface area contributed by atoms with Gasteiger partial charge in [-0.15, -0.1) is 0 Å². The second-order valence-electron chi connectivity index (χ2n) is 5.60. The highest BCUT2D eigenvalue weighted by molar-refractivity contribution is 6.33. The van der Waals surface area contributed by atoms with Crippen LogP contribution in [0.15, 0.2) is 18.2 Å². The first-order valence-electron chi connectivity index (χ1n) is 6.90. The van der Waals surface area contributed by atoms with Crippen molar-refractivity contribution in [1.82, 2.24) is 9.80 Å². The fraction of sp³-hybridized carbons (Fsp3) is 0.533. The number of phenols is 1. The normalized spacial score (nSPS) is 17.1. The number of aromatic hydroxyl groups is 1. The van der Waals surface area contributed by atoms with Crippen LogP contribution in [0.1, 0.15) is 23.2 Å². The van der Waals surface area contributed by atoms with Crippen molar-refractivity contribution in [2.45, 2.75) is 12.8 Å². The second kappa shape index (κ2) is 6.46. The van der Waals surface area contributed by atoms with Gasteiger partial charge in [-0.1, -0.05) is 11.6 Å². The molecule has 5 heteroatoms. The molecule has 1 aromatic carbocycles. The van der Waals surface area contributed by atoms with Crippen LogP contribution >= 0.6 is 11.6 Å². The van der Waals surface area contributed by atoms with E-state index in [-0.39, 0.29) is 11.7 Å². The van der Waals surface area contributed by atoms with Gasteiger partial charge in [0.25, 0.3) is 5.91 Å². The molecule has 0 saturated carbocycles. The van der Waals surface area contributed by atoms with Crippen molar-refractivity contribution >= 4 is 17.5 Å². The summed E-state index contributed by atoms with van der Waals surface area (Å²) in [4.78, 5) is 16.4. The number of carbonyl (C=O) groups excluding carboxylic acids is 1. The summed E-state index contributed by atoms with van der Waals surface area (Å²) in [5.74, 6) is 0.464. The Bertz CT molecular complexity index is 485. The van der Waals surface area contributed by atoms with Crippen molar-refractivity contribution in [2.24, 2.45) is 5.92 Å². The zero-order valence-corrected chi connectivity index (χ0v) is 12.7. The number of benzene rings is 1. The van der Waals surface area contributed by atoms with Gasteiger partial charge in [-0.25, -0.2) is 0 Å². The highest BCUT2D eigenvalue weighted by Gasteiger charge is 2.22. The van der Waals surface area contributed by atoms with Gasteiger partial charge in [-0.05, 0) is 57.1 Å². The SMILES string of the molecule is CN1CCC(CN(C)C(=O)c2cc(O)ccc2Cl)CC1. The third-order valence-electron chi connectivity index (χ3n) is 3.90. The first kappa shape index (κ1) is 15.1. The zero-order valence-electron chi connectivity index (χ0n) is 12.0. The monoisotopic (exact) mass is 296 g/mol. The number of amides is 1. The Morgan fingerprint density at radius 2 is 2.10 bits per heavy atom. The summed E-state index contributed by atoms with van der Waals surface area (Å²) in [6.07, 6.45) is 2.23. The maximum atomic E-state index is 12.4. The van der Waals surface area contributed by atoms with Gasteiger partial charge in [0, 0.05) is 13.6 Å². The molecule has 0 unspecified atom stereocenters. The van der Waals surface area contributed by atoms with Gasteiger partial charge in [0.15, 0.2) is 0 Å². The smallest absolute Gasteiger partial charge is 0.255 e. The molecule has 1 heterocycles. The number of carbonyl (C=O) groups is 1. The van der Waals surface area contributed by atoms with Crippen molar-refractivity contribution in [3.05, 3.63) is 28.8 Å². The average molecular weight is 297 g/mol. The molecule has 0 aromatic heterocycles. The molecule has 1 aliphatic heterocycles. The molecule has 1 fully saturated rings. The van der Waals surface area contributed by atoms with Crippen LogP contribution in [0.3, 0.4) is 0 Å². The molecule has 20 heavy (non-hydrogen) atoms. The third kappa shape index (κ3) is 3.64. The topological polar surface area (TPSA) is 43.8 Å². The van der Waals surface area contributed by atoms with E-state index >= 15 is 0 Å². The van der Waals surface area contributed by atoms with E-state index in [4.69, 9.17) is 11.6 Å². The van der Waals surface area contributed by atoms with Crippen LogP contribution in [0, 0.1) is 5.92 Å². The lowest BCUT2D eigenvalue weighted by Gasteiger charge is -2.31. The number of hydrogen-bond acceptors (Lipinski definition) is 3. The van der Waals surface area contributed by atoms with Crippen molar-refractivity contribution < 1.29 is 9.90 Å². The number of phenolic OH excluding ortho intramolecular Hbond substituents is 1. The first-order valence-corrected chi connectivity index (χ1v) is 7.27. The third-order valence-corrected chi connectivity index (χ3v) is 4.23. The van der Waals surface area contributed by atoms with Crippen LogP contribution in [0.25, 0.3) is 0 Å². The largest absolute Gasteiger partial charge is 0.508 e. The molecule has 1 aromatic rings. The summed E-state index contributed by atoms with van der Waals surface area (Å²) in [6, 6.07) is 4.46. The van der Waals surface area contributed by atoms with Gasteiger partial charge < -0.3 is 14.9 Å². The summed E-state index contributed by atoms with van der Waals surface area (Å²) >= 11 is 6.03. The van der Waals surface area contributed by atoms with Crippen LogP contribution in [0.5, 0.6) is 5.75 Å². The van der Waals surface area contributed by atoms with E-state index < -0.39 is 0 Å². The van der Waals surface area contributed by atoms with Gasteiger partial charge in [0.05, 0.1) is 10.6 Å². The fourth-order valence-corrected chi connectivity index (χ4v) is 2.80. The maximum absolute atomic E-state index is 12.4. The quantitative estimate of drug-likeness (QED) is 0.932. The predicted molar refractivity (Wildman–Crippen MR) is 80.3 cm³/mol. The van der Waals surface area contributed by atoms with Crippen LogP contribution in [-0.2, 0) is 0 Å². The van der Waals surface area contributed by atoms with E-state index in [1.807, 2.05) is 0 Å². The van der Waals surface area contributed by atoms with Gasteiger partial charge in [-0.3, -0.25) is 4.79 Å². The van der Waals surface area contributed by atoms with Gasteiger partial charge in [-0.2, -0.15) is 0 Å². The van der Waals surface area contributed by atoms with E-state index in [1.54, 1.807) is 18.0 Å². The van der Waals surface area contributed by atoms with Gasteiger partial charge in [0.2, 0.25) is 0 Å². The fourth-order valence-electron chi connectivity index (χ4n) is 2.60. The Kier molecular flexibility index (Phi) is 4.89. The predicted octanol–water partition coefficient (Wildman–Crippen LogP) is 2.46. The number of rotatable bonds is 3. The van der Waals surface area contributed by atoms with Crippen molar-refractivity contribution in [3.8, 4) is 5.75 Å². The highest BCUT2D eigenvalue weighted by atomic mass is 35.5. The van der Waals surface area contributed by atoms with Crippen LogP contribution < -0.4 is 0 Å². The van der Waals surface area contributed by atoms with Crippen LogP contribution in [-0.4, -0.2) is 54.5 Å². The Labute approximate surface area is 124 Å². The van der Waals surface area contributed by atoms with E-state index in [0.717, 1.165) is 32.5 Å². The molecule has 2 rings (SSSR count). The highest BCUT2D eigenvalue weighted by Crippen LogP contribution is 2.23. The maximum Gasteiger partial charge on any atom is 0.255 e. The molecule has 0 bridgehead atoms. The lowest BCUT2D eigenvalue weighted by Crippen LogP contribution is -2.38. The van der Waals surface area contributed by atoms with Crippen molar-refractivity contribution in [1.29, 1.82) is 0 Å². The number of halogens is 1. The van der Waals surface area contributed by atoms with E-state index in [1.165, 1.54) is 12.1 Å². The van der Waals surface area contributed by atoms with E-state index in [9.17, 15) is 9.90 Å². The summed E-state index contributed by atoms with van der Waals surface area (Å²) in [5.41, 5.74) is 0.363. The number of likely N-dealkylation sites (tertiary alicyclic amines) is 1. The number of nitrogens with zero attached hydrogens (tertiary/aromatic N) is 2. The molecule has 1 saturated heterocycles. The lowest BCUT2D eigenvalue weighted by molar-refractivity contribution is 0.0747. The molecule has 1 N–H and O–H groups in total. The molecular formula is C15H21ClN2O2. The molecule has 0 radical (unpaired) electrons. The molecule has 1 aliphatic rings. The molecule has 1 amide bonds. The Hall–Kier alpha value is -1.26. The molecule has 0 spiro atoms. The molecule has 110 valence electrons. The van der Waals surface area contributed by atoms with Crippen molar-refractivity contribution in [3.63, 3.8) is 0 Å². The van der Waals surface area contributed by atoms with Gasteiger partial charge in [0.1, 0.15) is 5.75 Å². The molecule has 0 atom stereocenters. The molecule has 0 aliphatic carbocycles. The first-order chi connectivity index (χ1) is 9.47. The number of piperidine rings is 1. The minimum Gasteiger partial charge on any atom is -0.508 e. The zero-order chi connectivity index (χ0) is 14.7. The van der Waals surface area contributed by atoms with Gasteiger partial charge >= 0.3 is 0 Å². The standard InChI is InChI=1S/C15H21ClN2O2/c1-17-7-5-11(6-8-17)10-18(2)15(20)13-9-12(19)3-4-14(13)16/h3-4,9,11,19H,5-8,10H2,1-2H3. The van der Waals surface area contributed by atoms with E-state index in [0.29, 0.717) is 16.5 Å².